The number of amides is 3. The zero-order valence-electron chi connectivity index (χ0n) is 23.0. The number of anilines is 2. The summed E-state index contributed by atoms with van der Waals surface area (Å²) in [6.45, 7) is 4.66. The summed E-state index contributed by atoms with van der Waals surface area (Å²) in [5.41, 5.74) is 2.31. The minimum Gasteiger partial charge on any atom is -0.363 e. The van der Waals surface area contributed by atoms with Crippen molar-refractivity contribution in [1.82, 2.24) is 30.1 Å². The molecule has 0 spiro atoms. The van der Waals surface area contributed by atoms with E-state index in [0.717, 1.165) is 23.8 Å². The van der Waals surface area contributed by atoms with Crippen molar-refractivity contribution in [2.45, 2.75) is 51.7 Å². The van der Waals surface area contributed by atoms with Gasteiger partial charge < -0.3 is 19.6 Å². The van der Waals surface area contributed by atoms with Gasteiger partial charge in [-0.25, -0.2) is 14.2 Å². The first-order valence-corrected chi connectivity index (χ1v) is 13.3. The van der Waals surface area contributed by atoms with Crippen molar-refractivity contribution in [3.8, 4) is 11.1 Å². The van der Waals surface area contributed by atoms with Crippen LogP contribution in [0, 0.1) is 5.82 Å². The van der Waals surface area contributed by atoms with Crippen molar-refractivity contribution in [2.75, 3.05) is 30.9 Å². The number of likely N-dealkylation sites (tertiary alicyclic amines) is 1. The highest BCUT2D eigenvalue weighted by Crippen LogP contribution is 2.34. The molecule has 4 aromatic rings. The first kappa shape index (κ1) is 27.1. The van der Waals surface area contributed by atoms with E-state index in [9.17, 15) is 9.59 Å². The third-order valence-electron chi connectivity index (χ3n) is 7.42. The maximum absolute atomic E-state index is 15.4. The number of nitrogens with zero attached hydrogens (tertiary/aromatic N) is 6. The third-order valence-corrected chi connectivity index (χ3v) is 7.42. The van der Waals surface area contributed by atoms with Gasteiger partial charge in [-0.15, -0.1) is 0 Å². The van der Waals surface area contributed by atoms with E-state index in [1.807, 2.05) is 30.9 Å². The van der Waals surface area contributed by atoms with Gasteiger partial charge in [-0.05, 0) is 43.0 Å². The van der Waals surface area contributed by atoms with E-state index in [-0.39, 0.29) is 24.7 Å². The lowest BCUT2D eigenvalue weighted by Gasteiger charge is -2.40. The van der Waals surface area contributed by atoms with Crippen molar-refractivity contribution >= 4 is 35.1 Å². The molecular weight excluding hydrogens is 515 g/mol. The molecular formula is C28H33FN8O3. The zero-order chi connectivity index (χ0) is 28.4. The van der Waals surface area contributed by atoms with Crippen LogP contribution < -0.4 is 10.2 Å². The zero-order valence-corrected chi connectivity index (χ0v) is 23.0. The monoisotopic (exact) mass is 548 g/mol. The Labute approximate surface area is 231 Å². The predicted octanol–water partition coefficient (Wildman–Crippen LogP) is 4.42. The van der Waals surface area contributed by atoms with Crippen LogP contribution in [0.5, 0.6) is 0 Å². The number of piperidine rings is 1. The molecule has 0 saturated carbocycles. The third kappa shape index (κ3) is 5.21. The highest BCUT2D eigenvalue weighted by Gasteiger charge is 2.32. The number of carbonyl (C=O) groups excluding carboxylic acids is 2. The SMILES string of the molecule is CCc1cc(N(C=O)Cc2ccc(-c3ccnc4[nH]nc(N[C@@H]5CCCN(C(=O)N(C)C)[C@@H]5C)c34)cc2F)no1. The molecule has 4 heterocycles. The number of aryl methyl sites for hydroxylation is 1. The van der Waals surface area contributed by atoms with Gasteiger partial charge in [0.2, 0.25) is 6.41 Å². The molecule has 3 amide bonds. The van der Waals surface area contributed by atoms with Crippen LogP contribution in [0.1, 0.15) is 38.0 Å². The first-order valence-electron chi connectivity index (χ1n) is 13.3. The molecule has 11 nitrogen and oxygen atoms in total. The van der Waals surface area contributed by atoms with Gasteiger partial charge >= 0.3 is 6.03 Å². The van der Waals surface area contributed by atoms with Crippen LogP contribution >= 0.6 is 0 Å². The molecule has 0 unspecified atom stereocenters. The van der Waals surface area contributed by atoms with Crippen LogP contribution in [0.25, 0.3) is 22.2 Å². The van der Waals surface area contributed by atoms with Crippen molar-refractivity contribution in [2.24, 2.45) is 0 Å². The molecule has 1 saturated heterocycles. The number of halogens is 1. The molecule has 3 aromatic heterocycles. The molecule has 1 aliphatic heterocycles. The Morgan fingerprint density at radius 1 is 1.30 bits per heavy atom. The Balaban J connectivity index is 1.41. The molecule has 1 fully saturated rings. The summed E-state index contributed by atoms with van der Waals surface area (Å²) in [7, 11) is 3.51. The summed E-state index contributed by atoms with van der Waals surface area (Å²) in [6, 6.07) is 8.33. The lowest BCUT2D eigenvalue weighted by molar-refractivity contribution is -0.107. The largest absolute Gasteiger partial charge is 0.363 e. The quantitative estimate of drug-likeness (QED) is 0.312. The van der Waals surface area contributed by atoms with E-state index in [1.54, 1.807) is 37.3 Å². The lowest BCUT2D eigenvalue weighted by Crippen LogP contribution is -2.54. The second-order valence-electron chi connectivity index (χ2n) is 10.2. The van der Waals surface area contributed by atoms with Gasteiger partial charge in [0.15, 0.2) is 17.3 Å². The molecule has 0 radical (unpaired) electrons. The summed E-state index contributed by atoms with van der Waals surface area (Å²) in [5, 5.41) is 15.6. The second-order valence-corrected chi connectivity index (χ2v) is 10.2. The fourth-order valence-electron chi connectivity index (χ4n) is 5.14. The first-order chi connectivity index (χ1) is 19.3. The van der Waals surface area contributed by atoms with Crippen molar-refractivity contribution < 1.29 is 18.5 Å². The summed E-state index contributed by atoms with van der Waals surface area (Å²) in [4.78, 5) is 33.6. The predicted molar refractivity (Wildman–Crippen MR) is 149 cm³/mol. The van der Waals surface area contributed by atoms with E-state index in [0.29, 0.717) is 53.5 Å². The van der Waals surface area contributed by atoms with E-state index < -0.39 is 5.82 Å². The van der Waals surface area contributed by atoms with Crippen LogP contribution in [0.3, 0.4) is 0 Å². The normalized spacial score (nSPS) is 17.2. The number of pyridine rings is 1. The van der Waals surface area contributed by atoms with Crippen LogP contribution in [-0.4, -0.2) is 75.3 Å². The van der Waals surface area contributed by atoms with Crippen molar-refractivity contribution in [3.63, 3.8) is 0 Å². The van der Waals surface area contributed by atoms with E-state index in [2.05, 4.69) is 25.7 Å². The number of urea groups is 1. The number of hydrogen-bond donors (Lipinski definition) is 2. The van der Waals surface area contributed by atoms with E-state index >= 15 is 4.39 Å². The fourth-order valence-corrected chi connectivity index (χ4v) is 5.14. The number of hydrogen-bond acceptors (Lipinski definition) is 7. The van der Waals surface area contributed by atoms with E-state index in [1.165, 1.54) is 11.0 Å². The van der Waals surface area contributed by atoms with Gasteiger partial charge in [0.1, 0.15) is 11.6 Å². The highest BCUT2D eigenvalue weighted by atomic mass is 19.1. The number of H-pyrrole nitrogens is 1. The van der Waals surface area contributed by atoms with Crippen LogP contribution in [0.15, 0.2) is 41.1 Å². The molecule has 2 N–H and O–H groups in total. The minimum atomic E-state index is -0.453. The Morgan fingerprint density at radius 2 is 2.12 bits per heavy atom. The fraction of sp³-hybridized carbons (Fsp3) is 0.393. The highest BCUT2D eigenvalue weighted by molar-refractivity contribution is 6.00. The smallest absolute Gasteiger partial charge is 0.319 e. The molecule has 1 aromatic carbocycles. The second kappa shape index (κ2) is 11.3. The molecule has 210 valence electrons. The maximum atomic E-state index is 15.4. The number of fused-ring (bicyclic) bond motifs is 1. The van der Waals surface area contributed by atoms with Gasteiger partial charge in [0, 0.05) is 50.9 Å². The Bertz CT molecular complexity index is 1520. The van der Waals surface area contributed by atoms with Gasteiger partial charge in [0.25, 0.3) is 0 Å². The molecule has 0 aliphatic carbocycles. The Morgan fingerprint density at radius 3 is 2.83 bits per heavy atom. The molecule has 2 atom stereocenters. The standard InChI is InChI=1S/C28H33FN8O3/c1-5-20-14-24(34-40-20)36(16-38)15-19-9-8-18(13-22(19)29)21-10-11-30-26-25(21)27(33-32-26)31-23-7-6-12-37(17(23)2)28(39)35(3)4/h8-11,13-14,16-17,23H,5-7,12,15H2,1-4H3,(H2,30,31,32,33)/t17-,23-/m1/s1. The van der Waals surface area contributed by atoms with Gasteiger partial charge in [-0.3, -0.25) is 14.8 Å². The summed E-state index contributed by atoms with van der Waals surface area (Å²) < 4.78 is 20.6. The van der Waals surface area contributed by atoms with Crippen LogP contribution in [-0.2, 0) is 17.8 Å². The van der Waals surface area contributed by atoms with Crippen molar-refractivity contribution in [1.29, 1.82) is 0 Å². The van der Waals surface area contributed by atoms with E-state index in [4.69, 9.17) is 4.52 Å². The average Bonchev–Trinajstić information content (AvgIpc) is 3.60. The summed E-state index contributed by atoms with van der Waals surface area (Å²) in [5.74, 6) is 1.13. The number of benzene rings is 1. The van der Waals surface area contributed by atoms with Gasteiger partial charge in [0.05, 0.1) is 18.0 Å². The number of aromatic amines is 1. The van der Waals surface area contributed by atoms with Crippen LogP contribution in [0.4, 0.5) is 20.8 Å². The molecule has 12 heteroatoms. The van der Waals surface area contributed by atoms with Gasteiger partial charge in [-0.1, -0.05) is 24.2 Å². The molecule has 0 bridgehead atoms. The van der Waals surface area contributed by atoms with Crippen molar-refractivity contribution in [3.05, 3.63) is 53.7 Å². The summed E-state index contributed by atoms with van der Waals surface area (Å²) >= 11 is 0. The number of carbonyl (C=O) groups is 2. The number of aromatic nitrogens is 4. The Kier molecular flexibility index (Phi) is 7.67. The lowest BCUT2D eigenvalue weighted by atomic mass is 9.97. The Hall–Kier alpha value is -4.48. The van der Waals surface area contributed by atoms with Gasteiger partial charge in [-0.2, -0.15) is 5.10 Å². The topological polar surface area (TPSA) is 123 Å². The minimum absolute atomic E-state index is 0.0112. The summed E-state index contributed by atoms with van der Waals surface area (Å²) in [6.07, 6.45) is 4.65. The number of nitrogens with one attached hydrogen (secondary N) is 2. The number of rotatable bonds is 8. The molecule has 40 heavy (non-hydrogen) atoms. The average molecular weight is 549 g/mol. The molecule has 5 rings (SSSR count). The molecule has 1 aliphatic rings. The van der Waals surface area contributed by atoms with Crippen LogP contribution in [0.2, 0.25) is 0 Å². The maximum Gasteiger partial charge on any atom is 0.319 e.